The van der Waals surface area contributed by atoms with Crippen molar-refractivity contribution in [3.05, 3.63) is 76.9 Å². The average molecular weight is 937 g/mol. The van der Waals surface area contributed by atoms with Gasteiger partial charge in [0.15, 0.2) is 22.5 Å². The number of rotatable bonds is 12. The van der Waals surface area contributed by atoms with Gasteiger partial charge in [0.25, 0.3) is 0 Å². The summed E-state index contributed by atoms with van der Waals surface area (Å²) in [6, 6.07) is 6.92. The van der Waals surface area contributed by atoms with Gasteiger partial charge in [-0.3, -0.25) is 18.9 Å². The Morgan fingerprint density at radius 2 is 1.75 bits per heavy atom. The maximum Gasteiger partial charge on any atom is 0.306 e. The van der Waals surface area contributed by atoms with Gasteiger partial charge in [-0.2, -0.15) is 0 Å². The highest BCUT2D eigenvalue weighted by Gasteiger charge is 2.65. The van der Waals surface area contributed by atoms with Crippen LogP contribution in [0.5, 0.6) is 11.5 Å². The third-order valence-electron chi connectivity index (χ3n) is 13.3. The zero-order valence-corrected chi connectivity index (χ0v) is 38.6. The van der Waals surface area contributed by atoms with E-state index in [9.17, 15) is 32.6 Å². The van der Waals surface area contributed by atoms with Crippen LogP contribution >= 0.6 is 18.7 Å². The van der Waals surface area contributed by atoms with Crippen LogP contribution in [0.1, 0.15) is 103 Å². The number of benzene rings is 2. The number of pyridine rings is 1. The monoisotopic (exact) mass is 936 g/mol. The summed E-state index contributed by atoms with van der Waals surface area (Å²) in [5.74, 6) is -5.19. The Balaban J connectivity index is 1.15. The van der Waals surface area contributed by atoms with E-state index < -0.39 is 89.8 Å². The number of amides is 1. The Morgan fingerprint density at radius 3 is 2.49 bits per heavy atom. The molecule has 8 rings (SSSR count). The molecule has 2 N–H and O–H groups in total. The van der Waals surface area contributed by atoms with Crippen LogP contribution in [0.25, 0.3) is 22.3 Å². The summed E-state index contributed by atoms with van der Waals surface area (Å²) in [6.45, 7) is 3.87. The number of nitrogens with one attached hydrogen (secondary N) is 1. The predicted molar refractivity (Wildman–Crippen MR) is 242 cm³/mol. The van der Waals surface area contributed by atoms with E-state index in [1.54, 1.807) is 17.5 Å². The molecule has 4 aliphatic rings. The van der Waals surface area contributed by atoms with Gasteiger partial charge < -0.3 is 29.3 Å². The van der Waals surface area contributed by atoms with Crippen molar-refractivity contribution in [3.63, 3.8) is 0 Å². The van der Waals surface area contributed by atoms with Crippen molar-refractivity contribution in [1.29, 1.82) is 0 Å². The number of ether oxygens (including phenoxy) is 3. The van der Waals surface area contributed by atoms with Gasteiger partial charge in [-0.25, -0.2) is 23.1 Å². The standard InChI is InChI=1S/C48H56F3N4O8PS/c1-28(2)52-47-54-38(27-65-47)37-22-42(33-18-19-41(61-3)44(51)45(33)53-37)62-32-21-39-40(56)24-48(64(59,60)26-34-35(49)16-11-17-36(34)50)23-30(48)13-8-6-4-5-7-12-29(46(58)55(39)25-32)20-43(57)63-31-14-9-10-15-31/h8,11,13,16-19,22,27-32,39H,4-7,9-10,12,14-15,20-21,23-26H2,1-3H3,(H,52,54)(H,59,60)/b13-8-/t29-,30+,32-,39+,48-/m1/s1. The van der Waals surface area contributed by atoms with E-state index in [1.807, 2.05) is 26.0 Å². The van der Waals surface area contributed by atoms with Crippen molar-refractivity contribution >= 4 is 52.4 Å². The first-order valence-corrected chi connectivity index (χ1v) is 25.4. The molecule has 3 fully saturated rings. The first-order chi connectivity index (χ1) is 31.2. The average Bonchev–Trinajstić information content (AvgIpc) is 3.68. The molecule has 2 aromatic heterocycles. The number of halogens is 3. The lowest BCUT2D eigenvalue weighted by Gasteiger charge is -2.30. The molecule has 2 saturated carbocycles. The van der Waals surface area contributed by atoms with E-state index in [-0.39, 0.29) is 55.0 Å². The fourth-order valence-corrected chi connectivity index (χ4v) is 13.1. The maximum atomic E-state index is 16.0. The molecule has 2 aliphatic carbocycles. The topological polar surface area (TPSA) is 157 Å². The lowest BCUT2D eigenvalue weighted by molar-refractivity contribution is -0.154. The van der Waals surface area contributed by atoms with E-state index in [0.717, 1.165) is 50.7 Å². The lowest BCUT2D eigenvalue weighted by atomic mass is 9.94. The Kier molecular flexibility index (Phi) is 14.1. The second-order valence-electron chi connectivity index (χ2n) is 18.3. The molecule has 17 heteroatoms. The SMILES string of the molecule is COc1ccc2c(O[C@@H]3C[C@H]4C(=O)C[C@]5(P(=O)(O)Cc6c(F)cccc6F)C[C@@H]5/C=C\CCCCC[C@H](CC(=O)OC5CCCC5)C(=O)N4C3)cc(-c3csc(NC(C)C)n3)nc2c1F. The van der Waals surface area contributed by atoms with Gasteiger partial charge >= 0.3 is 5.97 Å². The number of anilines is 1. The van der Waals surface area contributed by atoms with Crippen molar-refractivity contribution in [2.45, 2.75) is 133 Å². The molecular formula is C48H56F3N4O8PS. The van der Waals surface area contributed by atoms with Crippen LogP contribution in [-0.4, -0.2) is 80.5 Å². The summed E-state index contributed by atoms with van der Waals surface area (Å²) in [5.41, 5.74) is 0.218. The molecule has 65 heavy (non-hydrogen) atoms. The van der Waals surface area contributed by atoms with Gasteiger partial charge in [0.2, 0.25) is 13.3 Å². The van der Waals surface area contributed by atoms with Crippen LogP contribution in [0.15, 0.2) is 53.9 Å². The van der Waals surface area contributed by atoms with Gasteiger partial charge in [-0.1, -0.05) is 31.1 Å². The number of hydrogen-bond donors (Lipinski definition) is 2. The number of nitrogens with zero attached hydrogens (tertiary/aromatic N) is 3. The highest BCUT2D eigenvalue weighted by atomic mass is 32.1. The van der Waals surface area contributed by atoms with Crippen LogP contribution in [0.3, 0.4) is 0 Å². The van der Waals surface area contributed by atoms with Crippen molar-refractivity contribution in [3.8, 4) is 22.9 Å². The first kappa shape index (κ1) is 46.7. The van der Waals surface area contributed by atoms with E-state index in [4.69, 9.17) is 14.2 Å². The zero-order valence-electron chi connectivity index (χ0n) is 36.9. The molecule has 1 unspecified atom stereocenters. The Morgan fingerprint density at radius 1 is 1.00 bits per heavy atom. The number of thiazole rings is 1. The van der Waals surface area contributed by atoms with Gasteiger partial charge in [-0.15, -0.1) is 11.3 Å². The molecule has 0 radical (unpaired) electrons. The molecular weight excluding hydrogens is 881 g/mol. The summed E-state index contributed by atoms with van der Waals surface area (Å²) in [5, 5.41) is 4.47. The van der Waals surface area contributed by atoms with Gasteiger partial charge in [-0.05, 0) is 95.4 Å². The normalized spacial score (nSPS) is 25.6. The van der Waals surface area contributed by atoms with Crippen LogP contribution in [0.4, 0.5) is 18.3 Å². The number of esters is 1. The number of carbonyl (C=O) groups excluding carboxylic acids is 3. The van der Waals surface area contributed by atoms with Crippen molar-refractivity contribution in [2.24, 2.45) is 11.8 Å². The van der Waals surface area contributed by atoms with Gasteiger partial charge in [0.05, 0.1) is 43.1 Å². The third kappa shape index (κ3) is 10.1. The summed E-state index contributed by atoms with van der Waals surface area (Å²) >= 11 is 1.36. The van der Waals surface area contributed by atoms with E-state index in [0.29, 0.717) is 41.2 Å². The summed E-state index contributed by atoms with van der Waals surface area (Å²) in [7, 11) is -3.16. The fraction of sp³-hybridized carbons (Fsp3) is 0.521. The molecule has 1 amide bonds. The predicted octanol–water partition coefficient (Wildman–Crippen LogP) is 10.2. The van der Waals surface area contributed by atoms with E-state index >= 15 is 4.39 Å². The molecule has 0 spiro atoms. The number of carbonyl (C=O) groups is 3. The number of methoxy groups -OCH3 is 1. The first-order valence-electron chi connectivity index (χ1n) is 22.7. The molecule has 2 aromatic carbocycles. The number of aromatic nitrogens is 2. The maximum absolute atomic E-state index is 16.0. The lowest BCUT2D eigenvalue weighted by Crippen LogP contribution is -2.45. The summed E-state index contributed by atoms with van der Waals surface area (Å²) in [4.78, 5) is 65.9. The molecule has 4 heterocycles. The minimum atomic E-state index is -4.51. The second-order valence-corrected chi connectivity index (χ2v) is 21.8. The largest absolute Gasteiger partial charge is 0.494 e. The van der Waals surface area contributed by atoms with Crippen molar-refractivity contribution in [2.75, 3.05) is 19.0 Å². The van der Waals surface area contributed by atoms with Crippen molar-refractivity contribution < 1.29 is 51.2 Å². The van der Waals surface area contributed by atoms with Crippen LogP contribution < -0.4 is 14.8 Å². The second kappa shape index (κ2) is 19.6. The van der Waals surface area contributed by atoms with Crippen molar-refractivity contribution in [1.82, 2.24) is 14.9 Å². The molecule has 348 valence electrons. The fourth-order valence-electron chi connectivity index (χ4n) is 9.76. The third-order valence-corrected chi connectivity index (χ3v) is 16.9. The van der Waals surface area contributed by atoms with Crippen LogP contribution in [0.2, 0.25) is 0 Å². The smallest absolute Gasteiger partial charge is 0.306 e. The van der Waals surface area contributed by atoms with Crippen LogP contribution in [0, 0.1) is 29.3 Å². The highest BCUT2D eigenvalue weighted by Crippen LogP contribution is 2.74. The molecule has 6 atom stereocenters. The Labute approximate surface area is 380 Å². The van der Waals surface area contributed by atoms with E-state index in [1.165, 1.54) is 35.5 Å². The van der Waals surface area contributed by atoms with Gasteiger partial charge in [0, 0.05) is 47.2 Å². The number of ketones is 1. The van der Waals surface area contributed by atoms with Crippen LogP contribution in [-0.2, 0) is 29.8 Å². The van der Waals surface area contributed by atoms with Gasteiger partial charge in [0.1, 0.15) is 40.8 Å². The number of allylic oxidation sites excluding steroid dienone is 2. The number of Topliss-reactive ketones (excluding diaryl/α,β-unsaturated/α-hetero) is 1. The Bertz CT molecular complexity index is 2490. The molecule has 2 aliphatic heterocycles. The number of fused-ring (bicyclic) bond motifs is 3. The molecule has 12 nitrogen and oxygen atoms in total. The molecule has 0 bridgehead atoms. The molecule has 4 aromatic rings. The zero-order chi connectivity index (χ0) is 46.0. The highest BCUT2D eigenvalue weighted by molar-refractivity contribution is 7.59. The Hall–Kier alpha value is -4.79. The number of hydrogen-bond acceptors (Lipinski definition) is 11. The summed E-state index contributed by atoms with van der Waals surface area (Å²) in [6.07, 6.45) is 8.01. The quantitative estimate of drug-likeness (QED) is 0.0792. The van der Waals surface area contributed by atoms with E-state index in [2.05, 4.69) is 15.3 Å². The summed E-state index contributed by atoms with van der Waals surface area (Å²) < 4.78 is 78.3. The minimum Gasteiger partial charge on any atom is -0.494 e. The minimum absolute atomic E-state index is 0.0323. The molecule has 1 saturated heterocycles.